The number of rotatable bonds is 7. The topological polar surface area (TPSA) is 79.0 Å². The molecule has 34 heavy (non-hydrogen) atoms. The van der Waals surface area contributed by atoms with Crippen LogP contribution in [0.1, 0.15) is 45.2 Å². The number of hydrogen-bond donors (Lipinski definition) is 1. The van der Waals surface area contributed by atoms with E-state index in [0.717, 1.165) is 23.2 Å². The number of nitrogens with zero attached hydrogens (tertiary/aromatic N) is 2. The van der Waals surface area contributed by atoms with Crippen LogP contribution in [-0.4, -0.2) is 43.1 Å². The number of fused-ring (bicyclic) bond motifs is 1. The van der Waals surface area contributed by atoms with Crippen LogP contribution in [0.4, 0.5) is 16.2 Å². The van der Waals surface area contributed by atoms with Crippen molar-refractivity contribution in [3.8, 4) is 0 Å². The van der Waals surface area contributed by atoms with E-state index in [1.54, 1.807) is 28.9 Å². The van der Waals surface area contributed by atoms with Gasteiger partial charge in [-0.2, -0.15) is 0 Å². The summed E-state index contributed by atoms with van der Waals surface area (Å²) in [5.41, 5.74) is 3.02. The summed E-state index contributed by atoms with van der Waals surface area (Å²) in [6.07, 6.45) is 4.19. The van der Waals surface area contributed by atoms with Gasteiger partial charge in [0, 0.05) is 44.0 Å². The van der Waals surface area contributed by atoms with E-state index in [1.807, 2.05) is 69.3 Å². The Bertz CT molecular complexity index is 1060. The van der Waals surface area contributed by atoms with E-state index in [2.05, 4.69) is 5.32 Å². The van der Waals surface area contributed by atoms with Crippen molar-refractivity contribution in [3.63, 3.8) is 0 Å². The highest BCUT2D eigenvalue weighted by Gasteiger charge is 2.24. The maximum absolute atomic E-state index is 13.2. The molecule has 3 amide bonds. The van der Waals surface area contributed by atoms with Gasteiger partial charge in [0.25, 0.3) is 5.91 Å². The van der Waals surface area contributed by atoms with E-state index in [9.17, 15) is 14.4 Å². The first-order chi connectivity index (χ1) is 16.1. The van der Waals surface area contributed by atoms with E-state index >= 15 is 0 Å². The number of benzene rings is 2. The number of carbonyl (C=O) groups excluding carboxylic acids is 3. The molecule has 1 N–H and O–H groups in total. The molecule has 0 atom stereocenters. The lowest BCUT2D eigenvalue weighted by atomic mass is 10.1. The van der Waals surface area contributed by atoms with Gasteiger partial charge in [0.2, 0.25) is 5.91 Å². The van der Waals surface area contributed by atoms with Gasteiger partial charge in [-0.25, -0.2) is 4.79 Å². The number of anilines is 2. The summed E-state index contributed by atoms with van der Waals surface area (Å²) in [4.78, 5) is 40.6. The van der Waals surface area contributed by atoms with Crippen molar-refractivity contribution in [3.05, 3.63) is 65.7 Å². The molecule has 0 aliphatic carbocycles. The number of nitrogens with one attached hydrogen (secondary N) is 1. The molecule has 2 aromatic rings. The van der Waals surface area contributed by atoms with Crippen LogP contribution in [0.25, 0.3) is 6.08 Å². The van der Waals surface area contributed by atoms with Crippen molar-refractivity contribution >= 4 is 35.4 Å². The molecule has 0 saturated carbocycles. The first-order valence-electron chi connectivity index (χ1n) is 11.6. The third kappa shape index (κ3) is 6.94. The van der Waals surface area contributed by atoms with Crippen molar-refractivity contribution in [2.75, 3.05) is 29.4 Å². The number of amides is 3. The Balaban J connectivity index is 1.75. The quantitative estimate of drug-likeness (QED) is 0.482. The van der Waals surface area contributed by atoms with Gasteiger partial charge in [0.05, 0.1) is 0 Å². The number of ether oxygens (including phenoxy) is 1. The zero-order valence-electron chi connectivity index (χ0n) is 20.3. The smallest absolute Gasteiger partial charge is 0.407 e. The second kappa shape index (κ2) is 11.0. The van der Waals surface area contributed by atoms with E-state index in [4.69, 9.17) is 4.74 Å². The van der Waals surface area contributed by atoms with Crippen LogP contribution in [0, 0.1) is 0 Å². The normalized spacial score (nSPS) is 13.0. The predicted molar refractivity (Wildman–Crippen MR) is 135 cm³/mol. The van der Waals surface area contributed by atoms with Crippen molar-refractivity contribution in [1.29, 1.82) is 0 Å². The summed E-state index contributed by atoms with van der Waals surface area (Å²) in [6, 6.07) is 15.4. The molecule has 0 fully saturated rings. The Kier molecular flexibility index (Phi) is 8.10. The molecule has 1 heterocycles. The molecule has 0 spiro atoms. The maximum Gasteiger partial charge on any atom is 0.407 e. The van der Waals surface area contributed by atoms with Gasteiger partial charge in [-0.3, -0.25) is 9.59 Å². The molecule has 1 aliphatic rings. The highest BCUT2D eigenvalue weighted by molar-refractivity contribution is 6.04. The second-order valence-electron chi connectivity index (χ2n) is 9.25. The third-order valence-corrected chi connectivity index (χ3v) is 5.37. The third-order valence-electron chi connectivity index (χ3n) is 5.37. The summed E-state index contributed by atoms with van der Waals surface area (Å²) in [5.74, 6) is -0.187. The number of alkyl carbamates (subject to hydrolysis) is 1. The summed E-state index contributed by atoms with van der Waals surface area (Å²) in [7, 11) is 0. The van der Waals surface area contributed by atoms with Crippen LogP contribution < -0.4 is 15.1 Å². The Labute approximate surface area is 201 Å². The number of hydrogen-bond acceptors (Lipinski definition) is 4. The van der Waals surface area contributed by atoms with Gasteiger partial charge in [-0.1, -0.05) is 36.4 Å². The fourth-order valence-corrected chi connectivity index (χ4v) is 3.79. The summed E-state index contributed by atoms with van der Waals surface area (Å²) >= 11 is 0. The van der Waals surface area contributed by atoms with E-state index in [1.165, 1.54) is 0 Å². The Hall–Kier alpha value is -3.61. The fraction of sp³-hybridized carbons (Fsp3) is 0.370. The minimum absolute atomic E-state index is 0.0145. The van der Waals surface area contributed by atoms with E-state index in [-0.39, 0.29) is 11.8 Å². The molecule has 0 saturated heterocycles. The molecule has 0 radical (unpaired) electrons. The van der Waals surface area contributed by atoms with E-state index in [0.29, 0.717) is 31.7 Å². The largest absolute Gasteiger partial charge is 0.444 e. The fourth-order valence-electron chi connectivity index (χ4n) is 3.79. The van der Waals surface area contributed by atoms with Crippen LogP contribution in [0.3, 0.4) is 0 Å². The van der Waals surface area contributed by atoms with Crippen molar-refractivity contribution < 1.29 is 19.1 Å². The van der Waals surface area contributed by atoms with Crippen molar-refractivity contribution in [1.82, 2.24) is 5.32 Å². The first kappa shape index (κ1) is 25.0. The second-order valence-corrected chi connectivity index (χ2v) is 9.25. The minimum Gasteiger partial charge on any atom is -0.444 e. The molecule has 7 nitrogen and oxygen atoms in total. The zero-order valence-corrected chi connectivity index (χ0v) is 20.3. The summed E-state index contributed by atoms with van der Waals surface area (Å²) < 4.78 is 5.27. The van der Waals surface area contributed by atoms with Gasteiger partial charge in [0.1, 0.15) is 5.60 Å². The maximum atomic E-state index is 13.2. The predicted octanol–water partition coefficient (Wildman–Crippen LogP) is 4.56. The van der Waals surface area contributed by atoms with Gasteiger partial charge in [-0.15, -0.1) is 0 Å². The SMILES string of the molecule is CC(=O)N1CCc2ccc(N(CCCNC(=O)OC(C)(C)C)C(=O)C=Cc3ccccc3)cc21. The van der Waals surface area contributed by atoms with Crippen LogP contribution in [0.5, 0.6) is 0 Å². The van der Waals surface area contributed by atoms with Crippen molar-refractivity contribution in [2.45, 2.75) is 46.1 Å². The summed E-state index contributed by atoms with van der Waals surface area (Å²) in [5, 5.41) is 2.74. The lowest BCUT2D eigenvalue weighted by molar-refractivity contribution is -0.116. The van der Waals surface area contributed by atoms with Crippen molar-refractivity contribution in [2.24, 2.45) is 0 Å². The average Bonchev–Trinajstić information content (AvgIpc) is 3.20. The highest BCUT2D eigenvalue weighted by atomic mass is 16.6. The molecular weight excluding hydrogens is 430 g/mol. The van der Waals surface area contributed by atoms with Gasteiger partial charge in [0.15, 0.2) is 0 Å². The molecule has 0 unspecified atom stereocenters. The minimum atomic E-state index is -0.568. The molecule has 180 valence electrons. The van der Waals surface area contributed by atoms with Crippen LogP contribution in [0.2, 0.25) is 0 Å². The Morgan fingerprint density at radius 1 is 1.12 bits per heavy atom. The van der Waals surface area contributed by atoms with Crippen LogP contribution >= 0.6 is 0 Å². The lowest BCUT2D eigenvalue weighted by Crippen LogP contribution is -2.36. The highest BCUT2D eigenvalue weighted by Crippen LogP contribution is 2.32. The molecule has 7 heteroatoms. The molecule has 1 aliphatic heterocycles. The van der Waals surface area contributed by atoms with Crippen LogP contribution in [0.15, 0.2) is 54.6 Å². The standard InChI is InChI=1S/C27H33N3O4/c1-20(31)29-18-15-22-12-13-23(19-24(22)29)30(17-8-16-28-26(33)34-27(2,3)4)25(32)14-11-21-9-6-5-7-10-21/h5-7,9-14,19H,8,15-18H2,1-4H3,(H,28,33). The first-order valence-corrected chi connectivity index (χ1v) is 11.6. The molecule has 0 aromatic heterocycles. The van der Waals surface area contributed by atoms with Gasteiger partial charge in [-0.05, 0) is 62.9 Å². The molecular formula is C27H33N3O4. The van der Waals surface area contributed by atoms with Gasteiger partial charge >= 0.3 is 6.09 Å². The Morgan fingerprint density at radius 3 is 2.53 bits per heavy atom. The summed E-state index contributed by atoms with van der Waals surface area (Å²) in [6.45, 7) is 8.39. The average molecular weight is 464 g/mol. The monoisotopic (exact) mass is 463 g/mol. The molecule has 2 aromatic carbocycles. The zero-order chi connectivity index (χ0) is 24.7. The number of carbonyl (C=O) groups is 3. The molecule has 0 bridgehead atoms. The molecule has 3 rings (SSSR count). The van der Waals surface area contributed by atoms with E-state index < -0.39 is 11.7 Å². The lowest BCUT2D eigenvalue weighted by Gasteiger charge is -2.24. The Morgan fingerprint density at radius 2 is 1.85 bits per heavy atom. The van der Waals surface area contributed by atoms with Gasteiger partial charge < -0.3 is 19.9 Å². The van der Waals surface area contributed by atoms with Crippen LogP contribution in [-0.2, 0) is 20.7 Å².